The molecule has 0 fully saturated rings. The second-order valence-corrected chi connectivity index (χ2v) is 7.16. The van der Waals surface area contributed by atoms with E-state index in [-0.39, 0.29) is 11.2 Å². The van der Waals surface area contributed by atoms with E-state index in [2.05, 4.69) is 15.5 Å². The maximum absolute atomic E-state index is 12.4. The molecule has 0 aliphatic rings. The van der Waals surface area contributed by atoms with Gasteiger partial charge < -0.3 is 19.0 Å². The molecule has 3 aromatic rings. The van der Waals surface area contributed by atoms with Crippen molar-refractivity contribution in [2.45, 2.75) is 17.3 Å². The second kappa shape index (κ2) is 7.84. The van der Waals surface area contributed by atoms with Gasteiger partial charge >= 0.3 is 0 Å². The number of thioether (sulfide) groups is 1. The molecule has 0 spiro atoms. The van der Waals surface area contributed by atoms with E-state index in [1.54, 1.807) is 42.0 Å². The molecule has 0 unspecified atom stereocenters. The number of carbonyl (C=O) groups excluding carboxylic acids is 1. The summed E-state index contributed by atoms with van der Waals surface area (Å²) in [7, 11) is 3.37. The number of hydrogen-bond donors (Lipinski definition) is 1. The van der Waals surface area contributed by atoms with Gasteiger partial charge in [-0.2, -0.15) is 0 Å². The predicted molar refractivity (Wildman–Crippen MR) is 101 cm³/mol. The van der Waals surface area contributed by atoms with Gasteiger partial charge in [0.1, 0.15) is 5.75 Å². The lowest BCUT2D eigenvalue weighted by molar-refractivity contribution is -0.115. The number of hydrogen-bond acceptors (Lipinski definition) is 6. The van der Waals surface area contributed by atoms with Gasteiger partial charge in [0.05, 0.1) is 23.6 Å². The minimum atomic E-state index is -0.386. The van der Waals surface area contributed by atoms with E-state index in [0.717, 1.165) is 0 Å². The third kappa shape index (κ3) is 3.86. The maximum atomic E-state index is 12.4. The maximum Gasteiger partial charge on any atom is 0.237 e. The Balaban J connectivity index is 1.67. The molecule has 0 radical (unpaired) electrons. The molecule has 0 aliphatic heterocycles. The zero-order valence-corrected chi connectivity index (χ0v) is 16.0. The van der Waals surface area contributed by atoms with Crippen molar-refractivity contribution in [3.05, 3.63) is 41.6 Å². The van der Waals surface area contributed by atoms with Gasteiger partial charge in [0.25, 0.3) is 0 Å². The number of amides is 1. The average molecular weight is 393 g/mol. The number of halogens is 1. The second-order valence-electron chi connectivity index (χ2n) is 5.44. The van der Waals surface area contributed by atoms with Crippen molar-refractivity contribution in [3.63, 3.8) is 0 Å². The van der Waals surface area contributed by atoms with Crippen molar-refractivity contribution in [2.75, 3.05) is 12.4 Å². The highest BCUT2D eigenvalue weighted by atomic mass is 35.5. The van der Waals surface area contributed by atoms with Crippen molar-refractivity contribution in [1.82, 2.24) is 14.8 Å². The van der Waals surface area contributed by atoms with Crippen molar-refractivity contribution in [3.8, 4) is 17.3 Å². The van der Waals surface area contributed by atoms with Gasteiger partial charge in [0, 0.05) is 12.7 Å². The van der Waals surface area contributed by atoms with Crippen LogP contribution in [0.25, 0.3) is 11.6 Å². The van der Waals surface area contributed by atoms with E-state index in [9.17, 15) is 4.79 Å². The number of nitrogens with one attached hydrogen (secondary N) is 1. The first-order chi connectivity index (χ1) is 12.5. The Morgan fingerprint density at radius 2 is 2.19 bits per heavy atom. The van der Waals surface area contributed by atoms with Crippen LogP contribution in [0.3, 0.4) is 0 Å². The van der Waals surface area contributed by atoms with Crippen LogP contribution in [0, 0.1) is 0 Å². The topological polar surface area (TPSA) is 82.2 Å². The fourth-order valence-electron chi connectivity index (χ4n) is 2.24. The van der Waals surface area contributed by atoms with Crippen LogP contribution in [0.5, 0.6) is 5.75 Å². The summed E-state index contributed by atoms with van der Waals surface area (Å²) >= 11 is 7.39. The van der Waals surface area contributed by atoms with E-state index in [1.807, 2.05) is 13.1 Å². The molecule has 2 heterocycles. The molecule has 0 saturated heterocycles. The number of benzene rings is 1. The van der Waals surface area contributed by atoms with Crippen molar-refractivity contribution in [2.24, 2.45) is 7.05 Å². The van der Waals surface area contributed by atoms with E-state index in [1.165, 1.54) is 18.9 Å². The lowest BCUT2D eigenvalue weighted by Crippen LogP contribution is -2.22. The molecule has 3 rings (SSSR count). The molecule has 1 N–H and O–H groups in total. The number of aromatic nitrogens is 3. The van der Waals surface area contributed by atoms with Gasteiger partial charge in [0.15, 0.2) is 16.7 Å². The van der Waals surface area contributed by atoms with Crippen LogP contribution < -0.4 is 10.1 Å². The van der Waals surface area contributed by atoms with Crippen molar-refractivity contribution in [1.29, 1.82) is 0 Å². The van der Waals surface area contributed by atoms with Crippen molar-refractivity contribution >= 4 is 35.0 Å². The van der Waals surface area contributed by atoms with Crippen LogP contribution >= 0.6 is 23.4 Å². The summed E-state index contributed by atoms with van der Waals surface area (Å²) in [6.07, 6.45) is 1.58. The smallest absolute Gasteiger partial charge is 0.237 e. The Kier molecular flexibility index (Phi) is 5.53. The molecule has 26 heavy (non-hydrogen) atoms. The first kappa shape index (κ1) is 18.3. The van der Waals surface area contributed by atoms with Gasteiger partial charge in [-0.25, -0.2) is 0 Å². The lowest BCUT2D eigenvalue weighted by atomic mass is 10.3. The first-order valence-electron chi connectivity index (χ1n) is 7.74. The number of carbonyl (C=O) groups is 1. The number of methoxy groups -OCH3 is 1. The van der Waals surface area contributed by atoms with E-state index < -0.39 is 0 Å². The highest BCUT2D eigenvalue weighted by molar-refractivity contribution is 8.00. The highest BCUT2D eigenvalue weighted by Crippen LogP contribution is 2.29. The van der Waals surface area contributed by atoms with Gasteiger partial charge in [0.2, 0.25) is 5.91 Å². The summed E-state index contributed by atoms with van der Waals surface area (Å²) in [6, 6.07) is 8.67. The van der Waals surface area contributed by atoms with Crippen LogP contribution in [0.15, 0.2) is 46.2 Å². The Morgan fingerprint density at radius 3 is 2.85 bits per heavy atom. The zero-order valence-electron chi connectivity index (χ0n) is 14.4. The van der Waals surface area contributed by atoms with Crippen LogP contribution in [-0.4, -0.2) is 33.0 Å². The van der Waals surface area contributed by atoms with Crippen molar-refractivity contribution < 1.29 is 13.9 Å². The normalized spacial score (nSPS) is 12.0. The summed E-state index contributed by atoms with van der Waals surface area (Å²) < 4.78 is 12.2. The SMILES string of the molecule is COc1ccc(NC(=O)[C@@H](C)Sc2nnc(-c3ccco3)n2C)cc1Cl. The van der Waals surface area contributed by atoms with E-state index in [0.29, 0.717) is 33.2 Å². The zero-order chi connectivity index (χ0) is 18.7. The van der Waals surface area contributed by atoms with Gasteiger partial charge in [-0.05, 0) is 37.3 Å². The largest absolute Gasteiger partial charge is 0.495 e. The summed E-state index contributed by atoms with van der Waals surface area (Å²) in [6.45, 7) is 1.80. The van der Waals surface area contributed by atoms with E-state index in [4.69, 9.17) is 20.8 Å². The van der Waals surface area contributed by atoms with Gasteiger partial charge in [-0.1, -0.05) is 23.4 Å². The monoisotopic (exact) mass is 392 g/mol. The van der Waals surface area contributed by atoms with Crippen LogP contribution in [0.1, 0.15) is 6.92 Å². The highest BCUT2D eigenvalue weighted by Gasteiger charge is 2.20. The number of nitrogens with zero attached hydrogens (tertiary/aromatic N) is 3. The molecule has 0 saturated carbocycles. The van der Waals surface area contributed by atoms with Gasteiger partial charge in [-0.15, -0.1) is 10.2 Å². The predicted octanol–water partition coefficient (Wildman–Crippen LogP) is 3.86. The summed E-state index contributed by atoms with van der Waals surface area (Å²) in [5.41, 5.74) is 0.600. The molecule has 0 bridgehead atoms. The number of furan rings is 1. The minimum absolute atomic E-state index is 0.168. The van der Waals surface area contributed by atoms with E-state index >= 15 is 0 Å². The Morgan fingerprint density at radius 1 is 1.38 bits per heavy atom. The molecule has 7 nitrogen and oxygen atoms in total. The minimum Gasteiger partial charge on any atom is -0.495 e. The van der Waals surface area contributed by atoms with Crippen LogP contribution in [0.4, 0.5) is 5.69 Å². The molecule has 136 valence electrons. The third-order valence-electron chi connectivity index (χ3n) is 3.65. The molecule has 0 aliphatic carbocycles. The van der Waals surface area contributed by atoms with Crippen LogP contribution in [0.2, 0.25) is 5.02 Å². The standard InChI is InChI=1S/C17H17ClN4O3S/c1-10(16(23)19-11-6-7-13(24-3)12(18)9-11)26-17-21-20-15(22(17)2)14-5-4-8-25-14/h4-10H,1-3H3,(H,19,23)/t10-/m1/s1. The lowest BCUT2D eigenvalue weighted by Gasteiger charge is -2.12. The Hall–Kier alpha value is -2.45. The molecule has 1 atom stereocenters. The van der Waals surface area contributed by atoms with Crippen LogP contribution in [-0.2, 0) is 11.8 Å². The molecule has 1 amide bonds. The number of ether oxygens (including phenoxy) is 1. The summed E-state index contributed by atoms with van der Waals surface area (Å²) in [5.74, 6) is 1.61. The molecular weight excluding hydrogens is 376 g/mol. The Labute approximate surface area is 159 Å². The third-order valence-corrected chi connectivity index (χ3v) is 5.08. The first-order valence-corrected chi connectivity index (χ1v) is 8.99. The average Bonchev–Trinajstić information content (AvgIpc) is 3.25. The fraction of sp³-hybridized carbons (Fsp3) is 0.235. The fourth-order valence-corrected chi connectivity index (χ4v) is 3.31. The number of rotatable bonds is 6. The summed E-state index contributed by atoms with van der Waals surface area (Å²) in [4.78, 5) is 12.4. The van der Waals surface area contributed by atoms with Gasteiger partial charge in [-0.3, -0.25) is 4.79 Å². The quantitative estimate of drug-likeness (QED) is 0.641. The molecule has 9 heteroatoms. The number of anilines is 1. The molecular formula is C17H17ClN4O3S. The molecule has 1 aromatic carbocycles. The molecule has 2 aromatic heterocycles. The Bertz CT molecular complexity index is 911. The summed E-state index contributed by atoms with van der Waals surface area (Å²) in [5, 5.41) is 11.8.